The summed E-state index contributed by atoms with van der Waals surface area (Å²) in [7, 11) is 0. The SMILES string of the molecule is O=c1c([N+](=O)[O-])c(N(C[C@@H]2CCOC2)C2CC2)nc2ccccn12. The molecule has 3 heterocycles. The molecular formula is C16H18N4O4. The van der Waals surface area contributed by atoms with Gasteiger partial charge >= 0.3 is 11.2 Å². The van der Waals surface area contributed by atoms with Crippen molar-refractivity contribution in [1.29, 1.82) is 0 Å². The van der Waals surface area contributed by atoms with Crippen molar-refractivity contribution in [1.82, 2.24) is 9.38 Å². The van der Waals surface area contributed by atoms with Crippen LogP contribution in [-0.2, 0) is 4.74 Å². The highest BCUT2D eigenvalue weighted by Gasteiger charge is 2.38. The molecule has 2 aromatic rings. The summed E-state index contributed by atoms with van der Waals surface area (Å²) in [6, 6.07) is 5.35. The van der Waals surface area contributed by atoms with Crippen LogP contribution in [0.1, 0.15) is 19.3 Å². The highest BCUT2D eigenvalue weighted by atomic mass is 16.6. The largest absolute Gasteiger partial charge is 0.381 e. The van der Waals surface area contributed by atoms with Gasteiger partial charge in [0.05, 0.1) is 11.5 Å². The second kappa shape index (κ2) is 5.86. The molecule has 2 fully saturated rings. The van der Waals surface area contributed by atoms with E-state index in [1.807, 2.05) is 4.90 Å². The Morgan fingerprint density at radius 3 is 2.88 bits per heavy atom. The van der Waals surface area contributed by atoms with Crippen molar-refractivity contribution >= 4 is 17.2 Å². The van der Waals surface area contributed by atoms with E-state index in [-0.39, 0.29) is 11.9 Å². The van der Waals surface area contributed by atoms with E-state index in [1.54, 1.807) is 18.2 Å². The Morgan fingerprint density at radius 2 is 2.21 bits per heavy atom. The third kappa shape index (κ3) is 2.62. The van der Waals surface area contributed by atoms with Crippen molar-refractivity contribution in [3.05, 3.63) is 44.9 Å². The van der Waals surface area contributed by atoms with Crippen LogP contribution in [0.5, 0.6) is 0 Å². The quantitative estimate of drug-likeness (QED) is 0.611. The third-order valence-corrected chi connectivity index (χ3v) is 4.61. The third-order valence-electron chi connectivity index (χ3n) is 4.61. The number of nitrogens with zero attached hydrogens (tertiary/aromatic N) is 4. The number of aromatic nitrogens is 2. The highest BCUT2D eigenvalue weighted by Crippen LogP contribution is 2.35. The first kappa shape index (κ1) is 15.1. The number of ether oxygens (including phenoxy) is 1. The lowest BCUT2D eigenvalue weighted by atomic mass is 10.1. The first-order chi connectivity index (χ1) is 11.6. The zero-order valence-corrected chi connectivity index (χ0v) is 13.1. The van der Waals surface area contributed by atoms with Crippen molar-refractivity contribution in [2.24, 2.45) is 5.92 Å². The molecule has 2 aliphatic rings. The molecule has 1 saturated heterocycles. The molecule has 1 aliphatic carbocycles. The summed E-state index contributed by atoms with van der Waals surface area (Å²) < 4.78 is 6.65. The Morgan fingerprint density at radius 1 is 1.38 bits per heavy atom. The van der Waals surface area contributed by atoms with Crippen LogP contribution in [0.15, 0.2) is 29.2 Å². The molecule has 4 rings (SSSR count). The lowest BCUT2D eigenvalue weighted by molar-refractivity contribution is -0.385. The number of pyridine rings is 1. The fourth-order valence-corrected chi connectivity index (χ4v) is 3.23. The smallest absolute Gasteiger partial charge is 0.376 e. The molecule has 126 valence electrons. The molecule has 0 bridgehead atoms. The average Bonchev–Trinajstić information content (AvgIpc) is 3.28. The normalized spacial score (nSPS) is 20.4. The maximum atomic E-state index is 12.6. The van der Waals surface area contributed by atoms with Crippen LogP contribution in [-0.4, -0.2) is 40.1 Å². The number of hydrogen-bond acceptors (Lipinski definition) is 6. The number of hydrogen-bond donors (Lipinski definition) is 0. The summed E-state index contributed by atoms with van der Waals surface area (Å²) in [5.74, 6) is 0.520. The van der Waals surface area contributed by atoms with Gasteiger partial charge < -0.3 is 9.64 Å². The molecule has 0 N–H and O–H groups in total. The molecule has 1 saturated carbocycles. The van der Waals surface area contributed by atoms with E-state index < -0.39 is 16.2 Å². The molecule has 2 aromatic heterocycles. The van der Waals surface area contributed by atoms with Crippen LogP contribution < -0.4 is 10.5 Å². The van der Waals surface area contributed by atoms with Gasteiger partial charge in [-0.05, 0) is 31.4 Å². The number of nitro groups is 1. The van der Waals surface area contributed by atoms with Gasteiger partial charge in [0.1, 0.15) is 5.65 Å². The molecular weight excluding hydrogens is 312 g/mol. The fraction of sp³-hybridized carbons (Fsp3) is 0.500. The molecule has 0 aromatic carbocycles. The molecule has 0 spiro atoms. The van der Waals surface area contributed by atoms with Gasteiger partial charge in [0.15, 0.2) is 0 Å². The van der Waals surface area contributed by atoms with E-state index in [9.17, 15) is 14.9 Å². The van der Waals surface area contributed by atoms with Gasteiger partial charge in [-0.3, -0.25) is 19.3 Å². The molecule has 0 radical (unpaired) electrons. The second-order valence-electron chi connectivity index (χ2n) is 6.39. The first-order valence-corrected chi connectivity index (χ1v) is 8.15. The predicted molar refractivity (Wildman–Crippen MR) is 87.4 cm³/mol. The number of rotatable bonds is 5. The minimum atomic E-state index is -0.631. The van der Waals surface area contributed by atoms with Crippen molar-refractivity contribution in [3.63, 3.8) is 0 Å². The van der Waals surface area contributed by atoms with E-state index in [0.29, 0.717) is 24.7 Å². The Kier molecular flexibility index (Phi) is 3.68. The van der Waals surface area contributed by atoms with Crippen LogP contribution in [0.4, 0.5) is 11.5 Å². The van der Waals surface area contributed by atoms with Crippen LogP contribution in [0.25, 0.3) is 5.65 Å². The fourth-order valence-electron chi connectivity index (χ4n) is 3.23. The van der Waals surface area contributed by atoms with E-state index in [4.69, 9.17) is 4.74 Å². The van der Waals surface area contributed by atoms with E-state index >= 15 is 0 Å². The topological polar surface area (TPSA) is 90.0 Å². The van der Waals surface area contributed by atoms with Crippen LogP contribution in [0.2, 0.25) is 0 Å². The van der Waals surface area contributed by atoms with Gasteiger partial charge in [0.2, 0.25) is 5.82 Å². The van der Waals surface area contributed by atoms with Crippen molar-refractivity contribution < 1.29 is 9.66 Å². The van der Waals surface area contributed by atoms with Gasteiger partial charge in [-0.1, -0.05) is 6.07 Å². The Balaban J connectivity index is 1.84. The standard InChI is InChI=1S/C16H18N4O4/c21-16-14(20(22)23)15(17-13-3-1-2-7-18(13)16)19(12-4-5-12)9-11-6-8-24-10-11/h1-3,7,11-12H,4-6,8-10H2/t11-/m0/s1. The lowest BCUT2D eigenvalue weighted by Crippen LogP contribution is -2.35. The van der Waals surface area contributed by atoms with Crippen molar-refractivity contribution in [2.45, 2.75) is 25.3 Å². The molecule has 0 amide bonds. The molecule has 1 atom stereocenters. The zero-order chi connectivity index (χ0) is 16.7. The minimum absolute atomic E-state index is 0.200. The van der Waals surface area contributed by atoms with Gasteiger partial charge in [0.25, 0.3) is 0 Å². The monoisotopic (exact) mass is 330 g/mol. The van der Waals surface area contributed by atoms with Gasteiger partial charge in [-0.25, -0.2) is 4.98 Å². The molecule has 8 nitrogen and oxygen atoms in total. The summed E-state index contributed by atoms with van der Waals surface area (Å²) in [5, 5.41) is 11.6. The van der Waals surface area contributed by atoms with Crippen LogP contribution >= 0.6 is 0 Å². The molecule has 1 aliphatic heterocycles. The summed E-state index contributed by atoms with van der Waals surface area (Å²) in [6.07, 6.45) is 4.39. The Hall–Kier alpha value is -2.48. The average molecular weight is 330 g/mol. The number of fused-ring (bicyclic) bond motifs is 1. The molecule has 24 heavy (non-hydrogen) atoms. The van der Waals surface area contributed by atoms with Crippen LogP contribution in [0.3, 0.4) is 0 Å². The minimum Gasteiger partial charge on any atom is -0.381 e. The highest BCUT2D eigenvalue weighted by molar-refractivity contribution is 5.62. The zero-order valence-electron chi connectivity index (χ0n) is 13.1. The summed E-state index contributed by atoms with van der Waals surface area (Å²) >= 11 is 0. The van der Waals surface area contributed by atoms with Gasteiger partial charge in [-0.2, -0.15) is 0 Å². The van der Waals surface area contributed by atoms with Gasteiger partial charge in [-0.15, -0.1) is 0 Å². The maximum absolute atomic E-state index is 12.6. The van der Waals surface area contributed by atoms with E-state index in [1.165, 1.54) is 10.6 Å². The van der Waals surface area contributed by atoms with E-state index in [2.05, 4.69) is 4.98 Å². The van der Waals surface area contributed by atoms with Gasteiger partial charge in [0, 0.05) is 31.3 Å². The summed E-state index contributed by atoms with van der Waals surface area (Å²) in [4.78, 5) is 30.0. The summed E-state index contributed by atoms with van der Waals surface area (Å²) in [5.41, 5.74) is -0.644. The predicted octanol–water partition coefficient (Wildman–Crippen LogP) is 1.61. The second-order valence-corrected chi connectivity index (χ2v) is 6.39. The lowest BCUT2D eigenvalue weighted by Gasteiger charge is -2.25. The Bertz CT molecular complexity index is 840. The molecule has 0 unspecified atom stereocenters. The van der Waals surface area contributed by atoms with Crippen LogP contribution in [0, 0.1) is 16.0 Å². The van der Waals surface area contributed by atoms with E-state index in [0.717, 1.165) is 25.9 Å². The first-order valence-electron chi connectivity index (χ1n) is 8.15. The van der Waals surface area contributed by atoms with Crippen molar-refractivity contribution in [3.8, 4) is 0 Å². The number of anilines is 1. The Labute approximate surface area is 137 Å². The maximum Gasteiger partial charge on any atom is 0.376 e. The summed E-state index contributed by atoms with van der Waals surface area (Å²) in [6.45, 7) is 2.02. The van der Waals surface area contributed by atoms with Crippen molar-refractivity contribution in [2.75, 3.05) is 24.7 Å². The molecule has 8 heteroatoms.